The first-order chi connectivity index (χ1) is 56.5. The number of carboxylic acids is 1. The predicted molar refractivity (Wildman–Crippen MR) is 450 cm³/mol. The van der Waals surface area contributed by atoms with Crippen molar-refractivity contribution in [2.45, 2.75) is 250 Å². The van der Waals surface area contributed by atoms with Crippen LogP contribution in [0.2, 0.25) is 0 Å². The standard InChI is InChI=1S/C77H128N24O18S/c1-40(2)34-55(99-69(112)52(23-15-17-31-79)94-65(108)47(10)92-72(115)57(36-48-20-12-11-13-21-48)98-66(109)45(8)88-61(104)42(5)80)71(114)91-44(7)63(106)89-46(9)64(107)95-53(24-18-32-85-76(81)82)70(113)100-56(35-41(3)4)73(116)101-58(37-49-26-28-50(102)29-27-49)74(117)97-54(25-19-33-86-77(83)84)68(111)96-51(22-14-16-30-78)67(110)90-43(6)62(105)87-38-60(103)93-59(39-120)75(118)119/h11-13,20-21,26-29,40-47,51-59,102,120H,14-19,22-25,30-39,78-80H2,1-10H3,(H,87,105)(H,88,104)(H,89,106)(H,90,110)(H,91,114)(H,92,115)(H,93,103)(H,94,108)(H,95,107)(H,96,111)(H,97,117)(H,98,109)(H,99,112)(H,100,113)(H,101,116)(H,118,119)(H4,81,82,85)(H4,83,84,86)/t42-,43-,44-,45-,46-,47-,51-,52-,53-,54-,55-,56-,57-,58-,59-/m0/s1. The summed E-state index contributed by atoms with van der Waals surface area (Å²) in [6.45, 7) is 14.8. The Hall–Kier alpha value is -11.5. The summed E-state index contributed by atoms with van der Waals surface area (Å²) in [6, 6.07) is -5.76. The number of rotatable bonds is 56. The minimum Gasteiger partial charge on any atom is -0.508 e. The monoisotopic (exact) mass is 1710 g/mol. The summed E-state index contributed by atoms with van der Waals surface area (Å²) < 4.78 is 0. The lowest BCUT2D eigenvalue weighted by atomic mass is 9.99. The van der Waals surface area contributed by atoms with Crippen LogP contribution in [0, 0.1) is 11.8 Å². The van der Waals surface area contributed by atoms with Gasteiger partial charge in [-0.2, -0.15) is 12.6 Å². The van der Waals surface area contributed by atoms with Crippen LogP contribution < -0.4 is 120 Å². The van der Waals surface area contributed by atoms with Gasteiger partial charge in [0.1, 0.15) is 90.3 Å². The van der Waals surface area contributed by atoms with Crippen molar-refractivity contribution in [3.05, 3.63) is 65.7 Å². The van der Waals surface area contributed by atoms with Gasteiger partial charge in [-0.05, 0) is 167 Å². The van der Waals surface area contributed by atoms with E-state index in [2.05, 4.69) is 102 Å². The van der Waals surface area contributed by atoms with Crippen molar-refractivity contribution in [3.8, 4) is 5.75 Å². The van der Waals surface area contributed by atoms with Crippen LogP contribution in [0.4, 0.5) is 0 Å². The minimum absolute atomic E-state index is 0.0178. The molecule has 0 unspecified atom stereocenters. The summed E-state index contributed by atoms with van der Waals surface area (Å²) in [7, 11) is 0. The van der Waals surface area contributed by atoms with Gasteiger partial charge in [-0.25, -0.2) is 4.79 Å². The molecule has 0 aliphatic rings. The maximum atomic E-state index is 14.8. The molecule has 2 aromatic rings. The van der Waals surface area contributed by atoms with Crippen LogP contribution in [-0.4, -0.2) is 246 Å². The van der Waals surface area contributed by atoms with Gasteiger partial charge in [0.15, 0.2) is 11.9 Å². The third kappa shape index (κ3) is 41.3. The number of aliphatic carboxylic acids is 1. The fourth-order valence-electron chi connectivity index (χ4n) is 11.6. The number of phenols is 1. The Morgan fingerprint density at radius 2 is 0.658 bits per heavy atom. The highest BCUT2D eigenvalue weighted by molar-refractivity contribution is 7.80. The molecule has 2 rings (SSSR count). The van der Waals surface area contributed by atoms with Crippen molar-refractivity contribution >= 4 is 119 Å². The molecule has 15 amide bonds. The Bertz CT molecular complexity index is 3780. The van der Waals surface area contributed by atoms with Crippen LogP contribution in [0.25, 0.3) is 0 Å². The van der Waals surface area contributed by atoms with E-state index in [1.807, 2.05) is 0 Å². The Morgan fingerprint density at radius 1 is 0.358 bits per heavy atom. The zero-order valence-electron chi connectivity index (χ0n) is 70.0. The van der Waals surface area contributed by atoms with Gasteiger partial charge < -0.3 is 130 Å². The Balaban J connectivity index is 2.46. The number of unbranched alkanes of at least 4 members (excludes halogenated alkanes) is 2. The van der Waals surface area contributed by atoms with E-state index in [0.29, 0.717) is 30.4 Å². The number of amides is 15. The topological polar surface area (TPSA) is 701 Å². The molecule has 0 aromatic heterocycles. The van der Waals surface area contributed by atoms with Crippen molar-refractivity contribution in [1.29, 1.82) is 0 Å². The number of nitrogens with zero attached hydrogens (tertiary/aromatic N) is 2. The largest absolute Gasteiger partial charge is 0.508 e. The summed E-state index contributed by atoms with van der Waals surface area (Å²) in [5, 5.41) is 57.9. The molecule has 0 radical (unpaired) electrons. The lowest BCUT2D eigenvalue weighted by Crippen LogP contribution is -2.60. The van der Waals surface area contributed by atoms with Gasteiger partial charge in [0.2, 0.25) is 88.6 Å². The van der Waals surface area contributed by atoms with E-state index in [-0.39, 0.29) is 132 Å². The Kier molecular flexibility index (Phi) is 48.2. The molecule has 670 valence electrons. The van der Waals surface area contributed by atoms with E-state index in [0.717, 1.165) is 0 Å². The summed E-state index contributed by atoms with van der Waals surface area (Å²) in [5.41, 5.74) is 40.6. The SMILES string of the molecule is CC(C)C[C@H](NC(=O)[C@H](CCCCN)NC(=O)[C@H](C)NC(=O)[C@H](Cc1ccccc1)NC(=O)[C@H](C)NC(=O)[C@H](C)N)C(=O)N[C@@H](C)C(=O)N[C@@H](C)C(=O)N[C@@H](CCCN=C(N)N)C(=O)N[C@@H](CC(C)C)C(=O)N[C@@H](Cc1ccc(O)cc1)C(=O)N[C@@H](CCCN=C(N)N)C(=O)N[C@@H](CCCCN)C(=O)N[C@@H](C)C(=O)NCC(=O)N[C@@H](CS)C(=O)O. The number of phenolic OH excluding ortho intramolecular Hbond substituents is 1. The van der Waals surface area contributed by atoms with Gasteiger partial charge in [0.05, 0.1) is 12.6 Å². The molecular weight excluding hydrogens is 1580 g/mol. The zero-order chi connectivity index (χ0) is 90.5. The molecule has 42 nitrogen and oxygen atoms in total. The second-order valence-corrected chi connectivity index (χ2v) is 30.4. The van der Waals surface area contributed by atoms with Crippen molar-refractivity contribution < 1.29 is 86.9 Å². The molecule has 43 heteroatoms. The molecule has 0 spiro atoms. The number of aliphatic imine (C=N–C) groups is 2. The first kappa shape index (κ1) is 105. The third-order valence-corrected chi connectivity index (χ3v) is 18.7. The van der Waals surface area contributed by atoms with Crippen molar-refractivity contribution in [3.63, 3.8) is 0 Å². The molecule has 120 heavy (non-hydrogen) atoms. The number of thiol groups is 1. The van der Waals surface area contributed by atoms with Gasteiger partial charge in [-0.1, -0.05) is 70.2 Å². The number of aromatic hydroxyl groups is 1. The number of guanidine groups is 2. The van der Waals surface area contributed by atoms with E-state index in [1.54, 1.807) is 58.0 Å². The minimum atomic E-state index is -1.57. The highest BCUT2D eigenvalue weighted by Gasteiger charge is 2.37. The summed E-state index contributed by atoms with van der Waals surface area (Å²) >= 11 is 3.90. The Morgan fingerprint density at radius 3 is 1.03 bits per heavy atom. The number of nitrogens with two attached hydrogens (primary N) is 7. The van der Waals surface area contributed by atoms with Crippen LogP contribution in [0.15, 0.2) is 64.6 Å². The van der Waals surface area contributed by atoms with Crippen LogP contribution in [0.3, 0.4) is 0 Å². The zero-order valence-corrected chi connectivity index (χ0v) is 70.9. The average Bonchev–Trinajstić information content (AvgIpc) is 0.847. The normalized spacial score (nSPS) is 14.8. The number of hydrogen-bond donors (Lipinski definition) is 25. The smallest absolute Gasteiger partial charge is 0.327 e. The number of carboxylic acid groups (broad SMARTS) is 1. The fourth-order valence-corrected chi connectivity index (χ4v) is 11.8. The second-order valence-electron chi connectivity index (χ2n) is 30.1. The first-order valence-electron chi connectivity index (χ1n) is 39.9. The number of carbonyl (C=O) groups is 16. The molecule has 0 heterocycles. The maximum Gasteiger partial charge on any atom is 0.327 e. The molecular formula is C77H128N24O18S. The average molecular weight is 1710 g/mol. The first-order valence-corrected chi connectivity index (χ1v) is 40.6. The highest BCUT2D eigenvalue weighted by atomic mass is 32.1. The molecule has 0 aliphatic heterocycles. The van der Waals surface area contributed by atoms with Crippen molar-refractivity contribution in [2.24, 2.45) is 62.0 Å². The molecule has 0 saturated heterocycles. The summed E-state index contributed by atoms with van der Waals surface area (Å²) in [6.07, 6.45) is 0.871. The van der Waals surface area contributed by atoms with Gasteiger partial charge in [-0.3, -0.25) is 81.9 Å². The van der Waals surface area contributed by atoms with Crippen molar-refractivity contribution in [1.82, 2.24) is 79.8 Å². The van der Waals surface area contributed by atoms with Crippen molar-refractivity contribution in [2.75, 3.05) is 38.5 Å². The molecule has 2 aromatic carbocycles. The number of hydrogen-bond acceptors (Lipinski definition) is 23. The second kappa shape index (κ2) is 55.3. The van der Waals surface area contributed by atoms with E-state index >= 15 is 0 Å². The van der Waals surface area contributed by atoms with E-state index < -0.39 is 192 Å². The van der Waals surface area contributed by atoms with Gasteiger partial charge in [0.25, 0.3) is 0 Å². The molecule has 31 N–H and O–H groups in total. The summed E-state index contributed by atoms with van der Waals surface area (Å²) in [4.78, 5) is 228. The number of nitrogens with one attached hydrogen (secondary N) is 15. The highest BCUT2D eigenvalue weighted by Crippen LogP contribution is 2.16. The number of benzene rings is 2. The summed E-state index contributed by atoms with van der Waals surface area (Å²) in [5.74, 6) is -15.5. The quantitative estimate of drug-likeness (QED) is 0.0127. The molecule has 15 atom stereocenters. The molecule has 0 aliphatic carbocycles. The fraction of sp³-hybridized carbons (Fsp3) is 0.610. The Labute approximate surface area is 704 Å². The van der Waals surface area contributed by atoms with Crippen LogP contribution in [0.5, 0.6) is 5.75 Å². The molecule has 0 saturated carbocycles. The molecule has 0 fully saturated rings. The van der Waals surface area contributed by atoms with E-state index in [1.165, 1.54) is 65.8 Å². The maximum absolute atomic E-state index is 14.8. The lowest BCUT2D eigenvalue weighted by Gasteiger charge is -2.28. The van der Waals surface area contributed by atoms with E-state index in [4.69, 9.17) is 40.1 Å². The van der Waals surface area contributed by atoms with Crippen LogP contribution >= 0.6 is 12.6 Å². The van der Waals surface area contributed by atoms with E-state index in [9.17, 15) is 86.9 Å². The third-order valence-electron chi connectivity index (χ3n) is 18.3. The van der Waals surface area contributed by atoms with Gasteiger partial charge in [-0.15, -0.1) is 0 Å². The predicted octanol–water partition coefficient (Wildman–Crippen LogP) is -6.00. The lowest BCUT2D eigenvalue weighted by molar-refractivity contribution is -0.141. The van der Waals surface area contributed by atoms with Gasteiger partial charge >= 0.3 is 5.97 Å². The number of carbonyl (C=O) groups excluding carboxylic acids is 15. The van der Waals surface area contributed by atoms with Crippen LogP contribution in [0.1, 0.15) is 157 Å². The van der Waals surface area contributed by atoms with Crippen LogP contribution in [-0.2, 0) is 89.6 Å². The molecule has 0 bridgehead atoms. The van der Waals surface area contributed by atoms with Gasteiger partial charge in [0, 0.05) is 31.7 Å².